The van der Waals surface area contributed by atoms with Crippen LogP contribution in [0.2, 0.25) is 10.0 Å². The summed E-state index contributed by atoms with van der Waals surface area (Å²) in [5.41, 5.74) is 6.95. The van der Waals surface area contributed by atoms with Crippen LogP contribution in [0.15, 0.2) is 28.8 Å². The summed E-state index contributed by atoms with van der Waals surface area (Å²) in [5, 5.41) is 4.98. The molecule has 16 heavy (non-hydrogen) atoms. The maximum absolute atomic E-state index is 6.06. The summed E-state index contributed by atoms with van der Waals surface area (Å²) in [5.74, 6) is 0.603. The molecule has 0 saturated heterocycles. The molecular weight excluding hydrogens is 247 g/mol. The van der Waals surface area contributed by atoms with E-state index in [0.29, 0.717) is 27.1 Å². The summed E-state index contributed by atoms with van der Waals surface area (Å²) < 4.78 is 5.10. The van der Waals surface area contributed by atoms with Gasteiger partial charge in [0.05, 0.1) is 16.1 Å². The molecule has 0 saturated carbocycles. The van der Waals surface area contributed by atoms with E-state index in [0.717, 1.165) is 0 Å². The molecule has 1 aromatic heterocycles. The molecule has 0 aliphatic heterocycles. The van der Waals surface area contributed by atoms with E-state index >= 15 is 0 Å². The highest BCUT2D eigenvalue weighted by Crippen LogP contribution is 2.34. The number of hydrogen-bond acceptors (Lipinski definition) is 3. The number of benzene rings is 1. The van der Waals surface area contributed by atoms with Crippen LogP contribution >= 0.6 is 23.2 Å². The SMILES string of the molecule is CC(N)c1cc(-c2c(Cl)cccc2Cl)no1. The number of aromatic nitrogens is 1. The molecule has 0 fully saturated rings. The first kappa shape index (κ1) is 11.5. The average molecular weight is 257 g/mol. The van der Waals surface area contributed by atoms with Crippen LogP contribution < -0.4 is 5.73 Å². The lowest BCUT2D eigenvalue weighted by Crippen LogP contribution is -2.02. The van der Waals surface area contributed by atoms with E-state index in [1.165, 1.54) is 0 Å². The Morgan fingerprint density at radius 3 is 2.44 bits per heavy atom. The first-order valence-corrected chi connectivity index (χ1v) is 5.51. The summed E-state index contributed by atoms with van der Waals surface area (Å²) in [6.07, 6.45) is 0. The first-order chi connectivity index (χ1) is 7.59. The molecule has 5 heteroatoms. The summed E-state index contributed by atoms with van der Waals surface area (Å²) >= 11 is 12.1. The standard InChI is InChI=1S/C11H10Cl2N2O/c1-6(14)10-5-9(15-16-10)11-7(12)3-2-4-8(11)13/h2-6H,14H2,1H3. The van der Waals surface area contributed by atoms with Crippen molar-refractivity contribution in [2.24, 2.45) is 5.73 Å². The third-order valence-electron chi connectivity index (χ3n) is 2.20. The zero-order valence-corrected chi connectivity index (χ0v) is 10.1. The molecule has 0 aliphatic carbocycles. The zero-order valence-electron chi connectivity index (χ0n) is 8.58. The van der Waals surface area contributed by atoms with Crippen molar-refractivity contribution in [2.45, 2.75) is 13.0 Å². The van der Waals surface area contributed by atoms with Gasteiger partial charge in [-0.2, -0.15) is 0 Å². The molecule has 84 valence electrons. The Morgan fingerprint density at radius 2 is 1.94 bits per heavy atom. The molecule has 0 amide bonds. The second kappa shape index (κ2) is 4.45. The maximum atomic E-state index is 6.06. The molecule has 0 spiro atoms. The highest BCUT2D eigenvalue weighted by Gasteiger charge is 2.14. The van der Waals surface area contributed by atoms with Gasteiger partial charge in [0.1, 0.15) is 5.69 Å². The van der Waals surface area contributed by atoms with Crippen molar-refractivity contribution >= 4 is 23.2 Å². The van der Waals surface area contributed by atoms with Crippen molar-refractivity contribution in [3.63, 3.8) is 0 Å². The van der Waals surface area contributed by atoms with E-state index in [2.05, 4.69) is 5.16 Å². The monoisotopic (exact) mass is 256 g/mol. The van der Waals surface area contributed by atoms with Gasteiger partial charge in [-0.05, 0) is 19.1 Å². The normalized spacial score (nSPS) is 12.8. The Bertz CT molecular complexity index is 488. The van der Waals surface area contributed by atoms with Crippen LogP contribution in [0.1, 0.15) is 18.7 Å². The summed E-state index contributed by atoms with van der Waals surface area (Å²) in [4.78, 5) is 0. The minimum atomic E-state index is -0.206. The van der Waals surface area contributed by atoms with E-state index in [1.807, 2.05) is 6.92 Å². The largest absolute Gasteiger partial charge is 0.359 e. The van der Waals surface area contributed by atoms with Gasteiger partial charge in [0.25, 0.3) is 0 Å². The van der Waals surface area contributed by atoms with Crippen LogP contribution in [-0.2, 0) is 0 Å². The third kappa shape index (κ3) is 2.07. The van der Waals surface area contributed by atoms with Gasteiger partial charge in [0, 0.05) is 11.6 Å². The van der Waals surface area contributed by atoms with Crippen LogP contribution in [0, 0.1) is 0 Å². The van der Waals surface area contributed by atoms with Crippen LogP contribution in [0.5, 0.6) is 0 Å². The van der Waals surface area contributed by atoms with Crippen LogP contribution in [-0.4, -0.2) is 5.16 Å². The molecular formula is C11H10Cl2N2O. The van der Waals surface area contributed by atoms with Crippen LogP contribution in [0.3, 0.4) is 0 Å². The first-order valence-electron chi connectivity index (χ1n) is 4.76. The molecule has 1 aromatic carbocycles. The van der Waals surface area contributed by atoms with E-state index in [9.17, 15) is 0 Å². The smallest absolute Gasteiger partial charge is 0.153 e. The number of hydrogen-bond donors (Lipinski definition) is 1. The number of rotatable bonds is 2. The average Bonchev–Trinajstić information content (AvgIpc) is 2.66. The van der Waals surface area contributed by atoms with Gasteiger partial charge in [0.2, 0.25) is 0 Å². The maximum Gasteiger partial charge on any atom is 0.153 e. The van der Waals surface area contributed by atoms with Gasteiger partial charge in [-0.1, -0.05) is 34.4 Å². The highest BCUT2D eigenvalue weighted by molar-refractivity contribution is 6.39. The van der Waals surface area contributed by atoms with Gasteiger partial charge in [-0.25, -0.2) is 0 Å². The molecule has 2 aromatic rings. The fourth-order valence-electron chi connectivity index (χ4n) is 1.36. The Labute approximate surface area is 103 Å². The van der Waals surface area contributed by atoms with Gasteiger partial charge in [0.15, 0.2) is 5.76 Å². The minimum Gasteiger partial charge on any atom is -0.359 e. The number of nitrogens with zero attached hydrogens (tertiary/aromatic N) is 1. The fourth-order valence-corrected chi connectivity index (χ4v) is 1.96. The van der Waals surface area contributed by atoms with E-state index < -0.39 is 0 Å². The summed E-state index contributed by atoms with van der Waals surface area (Å²) in [6.45, 7) is 1.82. The van der Waals surface area contributed by atoms with Crippen molar-refractivity contribution < 1.29 is 4.52 Å². The molecule has 1 heterocycles. The number of nitrogens with two attached hydrogens (primary N) is 1. The predicted molar refractivity (Wildman–Crippen MR) is 64.6 cm³/mol. The molecule has 2 N–H and O–H groups in total. The van der Waals surface area contributed by atoms with Crippen molar-refractivity contribution in [1.82, 2.24) is 5.16 Å². The number of halogens is 2. The second-order valence-electron chi connectivity index (χ2n) is 3.50. The Morgan fingerprint density at radius 1 is 1.31 bits per heavy atom. The predicted octanol–water partition coefficient (Wildman–Crippen LogP) is 3.67. The van der Waals surface area contributed by atoms with Crippen LogP contribution in [0.4, 0.5) is 0 Å². The Kier molecular flexibility index (Phi) is 3.19. The lowest BCUT2D eigenvalue weighted by Gasteiger charge is -2.01. The molecule has 0 radical (unpaired) electrons. The molecule has 3 nitrogen and oxygen atoms in total. The van der Waals surface area contributed by atoms with E-state index in [4.69, 9.17) is 33.5 Å². The summed E-state index contributed by atoms with van der Waals surface area (Å²) in [6, 6.07) is 6.83. The fraction of sp³-hybridized carbons (Fsp3) is 0.182. The van der Waals surface area contributed by atoms with E-state index in [-0.39, 0.29) is 6.04 Å². The molecule has 2 rings (SSSR count). The van der Waals surface area contributed by atoms with Gasteiger partial charge in [-0.3, -0.25) is 0 Å². The molecule has 1 atom stereocenters. The van der Waals surface area contributed by atoms with Gasteiger partial charge < -0.3 is 10.3 Å². The van der Waals surface area contributed by atoms with Gasteiger partial charge >= 0.3 is 0 Å². The van der Waals surface area contributed by atoms with Crippen molar-refractivity contribution in [3.05, 3.63) is 40.1 Å². The Balaban J connectivity index is 2.50. The van der Waals surface area contributed by atoms with Gasteiger partial charge in [-0.15, -0.1) is 0 Å². The van der Waals surface area contributed by atoms with E-state index in [1.54, 1.807) is 24.3 Å². The molecule has 0 bridgehead atoms. The third-order valence-corrected chi connectivity index (χ3v) is 2.83. The lowest BCUT2D eigenvalue weighted by molar-refractivity contribution is 0.369. The lowest BCUT2D eigenvalue weighted by atomic mass is 10.1. The van der Waals surface area contributed by atoms with Crippen molar-refractivity contribution in [2.75, 3.05) is 0 Å². The quantitative estimate of drug-likeness (QED) is 0.892. The topological polar surface area (TPSA) is 52.0 Å². The second-order valence-corrected chi connectivity index (χ2v) is 4.31. The zero-order chi connectivity index (χ0) is 11.7. The van der Waals surface area contributed by atoms with Crippen molar-refractivity contribution in [1.29, 1.82) is 0 Å². The van der Waals surface area contributed by atoms with Crippen molar-refractivity contribution in [3.8, 4) is 11.3 Å². The van der Waals surface area contributed by atoms with Crippen LogP contribution in [0.25, 0.3) is 11.3 Å². The molecule has 0 aliphatic rings. The molecule has 1 unspecified atom stereocenters. The summed E-state index contributed by atoms with van der Waals surface area (Å²) in [7, 11) is 0. The Hall–Kier alpha value is -1.03. The highest BCUT2D eigenvalue weighted by atomic mass is 35.5. The minimum absolute atomic E-state index is 0.206.